The minimum absolute atomic E-state index is 0. The molecular formula is C16H33IN4O. The fourth-order valence-corrected chi connectivity index (χ4v) is 2.43. The van der Waals surface area contributed by atoms with Crippen molar-refractivity contribution in [1.82, 2.24) is 15.5 Å². The number of carbonyl (C=O) groups excluding carboxylic acids is 1. The molecule has 0 atom stereocenters. The number of halogens is 1. The van der Waals surface area contributed by atoms with Crippen LogP contribution in [0, 0.1) is 5.41 Å². The van der Waals surface area contributed by atoms with E-state index in [1.165, 1.54) is 12.8 Å². The second kappa shape index (κ2) is 9.57. The first-order valence-corrected chi connectivity index (χ1v) is 7.97. The molecule has 1 fully saturated rings. The molecule has 1 aliphatic carbocycles. The normalized spacial score (nSPS) is 18.6. The Morgan fingerprint density at radius 3 is 2.27 bits per heavy atom. The van der Waals surface area contributed by atoms with E-state index in [0.29, 0.717) is 17.5 Å². The van der Waals surface area contributed by atoms with Gasteiger partial charge >= 0.3 is 0 Å². The number of nitrogens with one attached hydrogen (secondary N) is 2. The van der Waals surface area contributed by atoms with Gasteiger partial charge in [0.15, 0.2) is 5.96 Å². The zero-order valence-corrected chi connectivity index (χ0v) is 17.2. The molecule has 6 heteroatoms. The van der Waals surface area contributed by atoms with Crippen LogP contribution in [0.1, 0.15) is 53.4 Å². The third kappa shape index (κ3) is 8.19. The summed E-state index contributed by atoms with van der Waals surface area (Å²) in [5.74, 6) is 0.773. The van der Waals surface area contributed by atoms with E-state index in [-0.39, 0.29) is 36.4 Å². The Morgan fingerprint density at radius 1 is 1.27 bits per heavy atom. The van der Waals surface area contributed by atoms with Crippen molar-refractivity contribution in [2.45, 2.75) is 65.5 Å². The Morgan fingerprint density at radius 2 is 1.82 bits per heavy atom. The van der Waals surface area contributed by atoms with E-state index in [2.05, 4.69) is 43.3 Å². The maximum absolute atomic E-state index is 11.7. The summed E-state index contributed by atoms with van der Waals surface area (Å²) in [6, 6.07) is 0.753. The van der Waals surface area contributed by atoms with Gasteiger partial charge in [0.1, 0.15) is 6.54 Å². The molecule has 1 amide bonds. The average Bonchev–Trinajstić information content (AvgIpc) is 2.37. The summed E-state index contributed by atoms with van der Waals surface area (Å²) in [7, 11) is 3.51. The molecule has 0 aromatic heterocycles. The second-order valence-corrected chi connectivity index (χ2v) is 7.33. The molecule has 0 spiro atoms. The number of amides is 1. The predicted molar refractivity (Wildman–Crippen MR) is 104 cm³/mol. The number of aliphatic imine (C=N–C) groups is 1. The van der Waals surface area contributed by atoms with Gasteiger partial charge in [0.05, 0.1) is 0 Å². The molecule has 5 nitrogen and oxygen atoms in total. The van der Waals surface area contributed by atoms with Crippen LogP contribution in [0.25, 0.3) is 0 Å². The fourth-order valence-electron chi connectivity index (χ4n) is 2.43. The second-order valence-electron chi connectivity index (χ2n) is 7.33. The molecule has 22 heavy (non-hydrogen) atoms. The molecule has 1 saturated carbocycles. The van der Waals surface area contributed by atoms with Crippen LogP contribution in [0.15, 0.2) is 4.99 Å². The maximum atomic E-state index is 11.7. The van der Waals surface area contributed by atoms with E-state index in [4.69, 9.17) is 0 Å². The highest BCUT2D eigenvalue weighted by atomic mass is 127. The molecule has 0 unspecified atom stereocenters. The number of guanidine groups is 1. The largest absolute Gasteiger partial charge is 0.354 e. The topological polar surface area (TPSA) is 56.7 Å². The standard InChI is InChI=1S/C16H32N4O.HI/c1-12(2)18-15(17-11-14(21)20(5)6)19-13-7-9-16(3,4)10-8-13;/h12-13H,7-11H2,1-6H3,(H2,17,18,19);1H. The monoisotopic (exact) mass is 424 g/mol. The zero-order chi connectivity index (χ0) is 16.0. The van der Waals surface area contributed by atoms with Crippen LogP contribution >= 0.6 is 24.0 Å². The third-order valence-corrected chi connectivity index (χ3v) is 3.98. The Labute approximate surface area is 152 Å². The highest BCUT2D eigenvalue weighted by Crippen LogP contribution is 2.34. The third-order valence-electron chi connectivity index (χ3n) is 3.98. The van der Waals surface area contributed by atoms with E-state index in [1.807, 2.05) is 0 Å². The Kier molecular flexibility index (Phi) is 9.34. The lowest BCUT2D eigenvalue weighted by atomic mass is 9.75. The smallest absolute Gasteiger partial charge is 0.243 e. The molecule has 0 aliphatic heterocycles. The summed E-state index contributed by atoms with van der Waals surface area (Å²) in [5, 5.41) is 6.80. The molecule has 0 bridgehead atoms. The van der Waals surface area contributed by atoms with Crippen LogP contribution in [-0.4, -0.2) is 49.5 Å². The van der Waals surface area contributed by atoms with Gasteiger partial charge in [0.25, 0.3) is 0 Å². The Hall–Kier alpha value is -0.530. The van der Waals surface area contributed by atoms with Gasteiger partial charge in [0, 0.05) is 26.2 Å². The van der Waals surface area contributed by atoms with Crippen molar-refractivity contribution in [3.8, 4) is 0 Å². The van der Waals surface area contributed by atoms with E-state index in [1.54, 1.807) is 19.0 Å². The molecule has 0 heterocycles. The SMILES string of the molecule is CC(C)NC(=NCC(=O)N(C)C)NC1CCC(C)(C)CC1.I. The van der Waals surface area contributed by atoms with Crippen LogP contribution in [0.5, 0.6) is 0 Å². The van der Waals surface area contributed by atoms with E-state index in [0.717, 1.165) is 18.8 Å². The first-order valence-electron chi connectivity index (χ1n) is 7.97. The first kappa shape index (κ1) is 21.5. The maximum Gasteiger partial charge on any atom is 0.243 e. The summed E-state index contributed by atoms with van der Waals surface area (Å²) in [5.41, 5.74) is 0.460. The van der Waals surface area contributed by atoms with Gasteiger partial charge in [-0.25, -0.2) is 4.99 Å². The van der Waals surface area contributed by atoms with Gasteiger partial charge in [0.2, 0.25) is 5.91 Å². The molecule has 0 saturated heterocycles. The average molecular weight is 424 g/mol. The molecule has 0 aromatic carbocycles. The molecule has 130 valence electrons. The zero-order valence-electron chi connectivity index (χ0n) is 14.9. The lowest BCUT2D eigenvalue weighted by Gasteiger charge is -2.35. The highest BCUT2D eigenvalue weighted by Gasteiger charge is 2.27. The van der Waals surface area contributed by atoms with Gasteiger partial charge in [-0.1, -0.05) is 13.8 Å². The highest BCUT2D eigenvalue weighted by molar-refractivity contribution is 14.0. The van der Waals surface area contributed by atoms with Crippen LogP contribution in [0.2, 0.25) is 0 Å². The Balaban J connectivity index is 0.00000441. The molecule has 0 aromatic rings. The van der Waals surface area contributed by atoms with Crippen molar-refractivity contribution in [3.63, 3.8) is 0 Å². The molecular weight excluding hydrogens is 391 g/mol. The van der Waals surface area contributed by atoms with E-state index >= 15 is 0 Å². The van der Waals surface area contributed by atoms with Crippen LogP contribution in [0.4, 0.5) is 0 Å². The quantitative estimate of drug-likeness (QED) is 0.415. The summed E-state index contributed by atoms with van der Waals surface area (Å²) in [4.78, 5) is 17.7. The number of carbonyl (C=O) groups is 1. The number of rotatable bonds is 4. The minimum atomic E-state index is 0. The number of hydrogen-bond donors (Lipinski definition) is 2. The van der Waals surface area contributed by atoms with E-state index < -0.39 is 0 Å². The van der Waals surface area contributed by atoms with Gasteiger partial charge in [-0.3, -0.25) is 4.79 Å². The fraction of sp³-hybridized carbons (Fsp3) is 0.875. The summed E-state index contributed by atoms with van der Waals surface area (Å²) in [6.07, 6.45) is 4.79. The van der Waals surface area contributed by atoms with Gasteiger partial charge in [-0.05, 0) is 44.9 Å². The van der Waals surface area contributed by atoms with Gasteiger partial charge < -0.3 is 15.5 Å². The van der Waals surface area contributed by atoms with Gasteiger partial charge in [-0.2, -0.15) is 0 Å². The van der Waals surface area contributed by atoms with Crippen LogP contribution < -0.4 is 10.6 Å². The molecule has 1 aliphatic rings. The Bertz CT molecular complexity index is 370. The van der Waals surface area contributed by atoms with Crippen molar-refractivity contribution in [2.75, 3.05) is 20.6 Å². The molecule has 1 rings (SSSR count). The van der Waals surface area contributed by atoms with Crippen molar-refractivity contribution in [1.29, 1.82) is 0 Å². The van der Waals surface area contributed by atoms with Crippen LogP contribution in [0.3, 0.4) is 0 Å². The predicted octanol–water partition coefficient (Wildman–Crippen LogP) is 2.61. The van der Waals surface area contributed by atoms with E-state index in [9.17, 15) is 4.79 Å². The number of nitrogens with zero attached hydrogens (tertiary/aromatic N) is 2. The van der Waals surface area contributed by atoms with Crippen LogP contribution in [-0.2, 0) is 4.79 Å². The molecule has 0 radical (unpaired) electrons. The number of likely N-dealkylation sites (N-methyl/N-ethyl adjacent to an activating group) is 1. The van der Waals surface area contributed by atoms with Crippen molar-refractivity contribution >= 4 is 35.8 Å². The summed E-state index contributed by atoms with van der Waals surface area (Å²) < 4.78 is 0. The summed E-state index contributed by atoms with van der Waals surface area (Å²) in [6.45, 7) is 9.01. The lowest BCUT2D eigenvalue weighted by molar-refractivity contribution is -0.127. The summed E-state index contributed by atoms with van der Waals surface area (Å²) >= 11 is 0. The first-order chi connectivity index (χ1) is 9.69. The number of hydrogen-bond acceptors (Lipinski definition) is 2. The van der Waals surface area contributed by atoms with Crippen molar-refractivity contribution < 1.29 is 4.79 Å². The van der Waals surface area contributed by atoms with Gasteiger partial charge in [-0.15, -0.1) is 24.0 Å². The molecule has 2 N–H and O–H groups in total. The van der Waals surface area contributed by atoms with Crippen molar-refractivity contribution in [2.24, 2.45) is 10.4 Å². The lowest BCUT2D eigenvalue weighted by Crippen LogP contribution is -2.48. The van der Waals surface area contributed by atoms with Crippen molar-refractivity contribution in [3.05, 3.63) is 0 Å². The minimum Gasteiger partial charge on any atom is -0.354 e.